The number of nitrogens with one attached hydrogen (secondary N) is 1. The third-order valence-electron chi connectivity index (χ3n) is 3.99. The van der Waals surface area contributed by atoms with Gasteiger partial charge in [0.15, 0.2) is 11.5 Å². The van der Waals surface area contributed by atoms with Crippen LogP contribution in [0.4, 0.5) is 0 Å². The Labute approximate surface area is 146 Å². The van der Waals surface area contributed by atoms with Gasteiger partial charge in [0.2, 0.25) is 0 Å². The van der Waals surface area contributed by atoms with Crippen LogP contribution >= 0.6 is 0 Å². The topological polar surface area (TPSA) is 64.4 Å². The summed E-state index contributed by atoms with van der Waals surface area (Å²) in [6, 6.07) is 16.9. The largest absolute Gasteiger partial charge is 0.497 e. The lowest BCUT2D eigenvalue weighted by molar-refractivity contribution is 0.0930. The first-order chi connectivity index (χ1) is 12.1. The van der Waals surface area contributed by atoms with E-state index in [2.05, 4.69) is 10.5 Å². The second-order valence-electron chi connectivity index (χ2n) is 5.92. The highest BCUT2D eigenvalue weighted by atomic mass is 16.5. The van der Waals surface area contributed by atoms with Crippen molar-refractivity contribution in [3.05, 3.63) is 71.4 Å². The van der Waals surface area contributed by atoms with Gasteiger partial charge in [0.1, 0.15) is 5.75 Å². The molecule has 1 amide bonds. The molecule has 0 bridgehead atoms. The number of methoxy groups -OCH3 is 1. The van der Waals surface area contributed by atoms with Gasteiger partial charge in [0.05, 0.1) is 13.2 Å². The number of ether oxygens (including phenoxy) is 1. The Bertz CT molecular complexity index is 886. The monoisotopic (exact) mass is 336 g/mol. The van der Waals surface area contributed by atoms with Crippen molar-refractivity contribution in [2.75, 3.05) is 7.11 Å². The summed E-state index contributed by atoms with van der Waals surface area (Å²) in [4.78, 5) is 12.4. The lowest BCUT2D eigenvalue weighted by atomic mass is 10.1. The maximum Gasteiger partial charge on any atom is 0.273 e. The quantitative estimate of drug-likeness (QED) is 0.760. The predicted molar refractivity (Wildman–Crippen MR) is 95.6 cm³/mol. The van der Waals surface area contributed by atoms with Gasteiger partial charge in [-0.05, 0) is 37.6 Å². The van der Waals surface area contributed by atoms with Crippen molar-refractivity contribution in [1.82, 2.24) is 10.5 Å². The second-order valence-corrected chi connectivity index (χ2v) is 5.92. The van der Waals surface area contributed by atoms with E-state index in [0.29, 0.717) is 5.76 Å². The van der Waals surface area contributed by atoms with E-state index >= 15 is 0 Å². The van der Waals surface area contributed by atoms with E-state index in [1.165, 1.54) is 0 Å². The van der Waals surface area contributed by atoms with Crippen molar-refractivity contribution < 1.29 is 14.1 Å². The van der Waals surface area contributed by atoms with Crippen LogP contribution in [-0.2, 0) is 0 Å². The standard InChI is InChI=1S/C20H20N2O3/c1-13-6-4-8-16(10-13)19-12-18(22-25-19)20(23)21-14(2)15-7-5-9-17(11-15)24-3/h4-12,14H,1-3H3,(H,21,23)/t14-/m1/s1. The van der Waals surface area contributed by atoms with E-state index in [0.717, 1.165) is 22.4 Å². The molecule has 0 saturated carbocycles. The van der Waals surface area contributed by atoms with Crippen molar-refractivity contribution in [2.45, 2.75) is 19.9 Å². The van der Waals surface area contributed by atoms with Gasteiger partial charge in [0, 0.05) is 11.6 Å². The van der Waals surface area contributed by atoms with Crippen molar-refractivity contribution in [1.29, 1.82) is 0 Å². The summed E-state index contributed by atoms with van der Waals surface area (Å²) in [5.74, 6) is 1.04. The molecule has 1 heterocycles. The van der Waals surface area contributed by atoms with Crippen LogP contribution in [0.25, 0.3) is 11.3 Å². The van der Waals surface area contributed by atoms with Crippen LogP contribution in [-0.4, -0.2) is 18.2 Å². The van der Waals surface area contributed by atoms with Crippen LogP contribution in [0.2, 0.25) is 0 Å². The highest BCUT2D eigenvalue weighted by Crippen LogP contribution is 2.22. The minimum Gasteiger partial charge on any atom is -0.497 e. The smallest absolute Gasteiger partial charge is 0.273 e. The van der Waals surface area contributed by atoms with Crippen molar-refractivity contribution >= 4 is 5.91 Å². The molecule has 5 heteroatoms. The van der Waals surface area contributed by atoms with Gasteiger partial charge < -0.3 is 14.6 Å². The van der Waals surface area contributed by atoms with E-state index in [1.807, 2.05) is 62.4 Å². The molecule has 2 aromatic carbocycles. The Kier molecular flexibility index (Phi) is 4.84. The molecular weight excluding hydrogens is 316 g/mol. The van der Waals surface area contributed by atoms with E-state index in [1.54, 1.807) is 13.2 Å². The number of hydrogen-bond donors (Lipinski definition) is 1. The minimum absolute atomic E-state index is 0.179. The zero-order valence-electron chi connectivity index (χ0n) is 14.4. The van der Waals surface area contributed by atoms with Gasteiger partial charge in [-0.25, -0.2) is 0 Å². The SMILES string of the molecule is COc1cccc([C@@H](C)NC(=O)c2cc(-c3cccc(C)c3)on2)c1. The number of carbonyl (C=O) groups excluding carboxylic acids is 1. The summed E-state index contributed by atoms with van der Waals surface area (Å²) in [6.07, 6.45) is 0. The summed E-state index contributed by atoms with van der Waals surface area (Å²) in [6.45, 7) is 3.91. The number of amides is 1. The van der Waals surface area contributed by atoms with Crippen LogP contribution in [0.3, 0.4) is 0 Å². The molecular formula is C20H20N2O3. The van der Waals surface area contributed by atoms with E-state index in [4.69, 9.17) is 9.26 Å². The molecule has 0 fully saturated rings. The molecule has 128 valence electrons. The zero-order chi connectivity index (χ0) is 17.8. The Balaban J connectivity index is 1.73. The van der Waals surface area contributed by atoms with Crippen LogP contribution in [0.5, 0.6) is 5.75 Å². The summed E-state index contributed by atoms with van der Waals surface area (Å²) < 4.78 is 10.5. The Morgan fingerprint density at radius 3 is 2.72 bits per heavy atom. The molecule has 0 aliphatic heterocycles. The minimum atomic E-state index is -0.280. The van der Waals surface area contributed by atoms with Crippen molar-refractivity contribution in [3.63, 3.8) is 0 Å². The number of hydrogen-bond acceptors (Lipinski definition) is 4. The van der Waals surface area contributed by atoms with Gasteiger partial charge in [-0.1, -0.05) is 41.1 Å². The van der Waals surface area contributed by atoms with Gasteiger partial charge in [-0.2, -0.15) is 0 Å². The van der Waals surface area contributed by atoms with Crippen LogP contribution in [0.1, 0.15) is 34.6 Å². The molecule has 3 aromatic rings. The molecule has 1 N–H and O–H groups in total. The fourth-order valence-corrected chi connectivity index (χ4v) is 2.58. The first-order valence-electron chi connectivity index (χ1n) is 8.05. The van der Waals surface area contributed by atoms with Crippen LogP contribution in [0, 0.1) is 6.92 Å². The van der Waals surface area contributed by atoms with E-state index < -0.39 is 0 Å². The molecule has 0 aliphatic rings. The highest BCUT2D eigenvalue weighted by Gasteiger charge is 2.17. The first-order valence-corrected chi connectivity index (χ1v) is 8.05. The average molecular weight is 336 g/mol. The molecule has 25 heavy (non-hydrogen) atoms. The number of nitrogens with zero attached hydrogens (tertiary/aromatic N) is 1. The number of aryl methyl sites for hydroxylation is 1. The molecule has 5 nitrogen and oxygen atoms in total. The number of rotatable bonds is 5. The molecule has 0 radical (unpaired) electrons. The summed E-state index contributed by atoms with van der Waals surface area (Å²) in [7, 11) is 1.62. The lowest BCUT2D eigenvalue weighted by Gasteiger charge is -2.14. The van der Waals surface area contributed by atoms with Gasteiger partial charge in [-0.15, -0.1) is 0 Å². The summed E-state index contributed by atoms with van der Waals surface area (Å²) in [5, 5.41) is 6.81. The lowest BCUT2D eigenvalue weighted by Crippen LogP contribution is -2.26. The zero-order valence-corrected chi connectivity index (χ0v) is 14.4. The Morgan fingerprint density at radius 2 is 1.96 bits per heavy atom. The maximum absolute atomic E-state index is 12.4. The molecule has 0 aliphatic carbocycles. The van der Waals surface area contributed by atoms with Gasteiger partial charge in [0.25, 0.3) is 5.91 Å². The highest BCUT2D eigenvalue weighted by molar-refractivity contribution is 5.93. The molecule has 0 unspecified atom stereocenters. The molecule has 0 saturated heterocycles. The van der Waals surface area contributed by atoms with Crippen molar-refractivity contribution in [2.24, 2.45) is 0 Å². The Hall–Kier alpha value is -3.08. The van der Waals surface area contributed by atoms with E-state index in [9.17, 15) is 4.79 Å². The fourth-order valence-electron chi connectivity index (χ4n) is 2.58. The predicted octanol–water partition coefficient (Wildman–Crippen LogP) is 4.15. The molecule has 3 rings (SSSR count). The van der Waals surface area contributed by atoms with Crippen LogP contribution in [0.15, 0.2) is 59.1 Å². The van der Waals surface area contributed by atoms with E-state index in [-0.39, 0.29) is 17.6 Å². The average Bonchev–Trinajstić information content (AvgIpc) is 3.12. The molecule has 1 aromatic heterocycles. The number of carbonyl (C=O) groups is 1. The fraction of sp³-hybridized carbons (Fsp3) is 0.200. The first kappa shape index (κ1) is 16.8. The second kappa shape index (κ2) is 7.21. The van der Waals surface area contributed by atoms with Crippen LogP contribution < -0.4 is 10.1 Å². The molecule has 0 spiro atoms. The van der Waals surface area contributed by atoms with Crippen molar-refractivity contribution in [3.8, 4) is 17.1 Å². The summed E-state index contributed by atoms with van der Waals surface area (Å²) >= 11 is 0. The third-order valence-corrected chi connectivity index (χ3v) is 3.99. The maximum atomic E-state index is 12.4. The normalized spacial score (nSPS) is 11.8. The van der Waals surface area contributed by atoms with Gasteiger partial charge >= 0.3 is 0 Å². The third kappa shape index (κ3) is 3.88. The number of aromatic nitrogens is 1. The summed E-state index contributed by atoms with van der Waals surface area (Å²) in [5.41, 5.74) is 3.22. The molecule has 1 atom stereocenters. The van der Waals surface area contributed by atoms with Gasteiger partial charge in [-0.3, -0.25) is 4.79 Å². The Morgan fingerprint density at radius 1 is 1.16 bits per heavy atom. The number of benzene rings is 2.